The molecule has 0 aliphatic carbocycles. The highest BCUT2D eigenvalue weighted by molar-refractivity contribution is 6.37. The van der Waals surface area contributed by atoms with Crippen LogP contribution in [0.3, 0.4) is 0 Å². The summed E-state index contributed by atoms with van der Waals surface area (Å²) >= 11 is 18.2. The number of aliphatic imine (C=N–C) groups is 1. The molecule has 0 spiro atoms. The first kappa shape index (κ1) is 17.6. The minimum absolute atomic E-state index is 0.131. The van der Waals surface area contributed by atoms with Crippen LogP contribution in [0.4, 0.5) is 5.69 Å². The Morgan fingerprint density at radius 1 is 1.17 bits per heavy atom. The van der Waals surface area contributed by atoms with Gasteiger partial charge >= 0.3 is 5.97 Å². The van der Waals surface area contributed by atoms with Crippen molar-refractivity contribution in [2.24, 2.45) is 4.99 Å². The van der Waals surface area contributed by atoms with Gasteiger partial charge < -0.3 is 9.84 Å². The zero-order valence-electron chi connectivity index (χ0n) is 12.0. The number of aliphatic carboxylic acids is 1. The van der Waals surface area contributed by atoms with E-state index in [1.165, 1.54) is 0 Å². The quantitative estimate of drug-likeness (QED) is 0.737. The number of hydrogen-bond acceptors (Lipinski definition) is 3. The van der Waals surface area contributed by atoms with Crippen LogP contribution in [-0.4, -0.2) is 23.9 Å². The first-order chi connectivity index (χ1) is 10.9. The lowest BCUT2D eigenvalue weighted by Crippen LogP contribution is -2.10. The number of nitrogens with zero attached hydrogens (tertiary/aromatic N) is 1. The van der Waals surface area contributed by atoms with E-state index < -0.39 is 12.6 Å². The predicted octanol–water partition coefficient (Wildman–Crippen LogP) is 5.17. The summed E-state index contributed by atoms with van der Waals surface area (Å²) in [6, 6.07) is 8.64. The standard InChI is InChI=1S/C16H12Cl3NO3/c1-9-2-3-11(6-12(9)17)20-7-10-4-13(18)16(14(19)5-10)23-8-15(21)22/h2-7H,8H2,1H3,(H,21,22). The Morgan fingerprint density at radius 2 is 1.83 bits per heavy atom. The van der Waals surface area contributed by atoms with Crippen molar-refractivity contribution in [3.05, 3.63) is 56.5 Å². The number of rotatable bonds is 5. The molecule has 1 N–H and O–H groups in total. The molecular formula is C16H12Cl3NO3. The fourth-order valence-electron chi connectivity index (χ4n) is 1.74. The van der Waals surface area contributed by atoms with Crippen LogP contribution in [0.15, 0.2) is 35.3 Å². The normalized spacial score (nSPS) is 11.0. The number of ether oxygens (including phenoxy) is 1. The van der Waals surface area contributed by atoms with E-state index in [9.17, 15) is 4.79 Å². The van der Waals surface area contributed by atoms with Crippen molar-refractivity contribution in [1.29, 1.82) is 0 Å². The van der Waals surface area contributed by atoms with Crippen molar-refractivity contribution in [3.8, 4) is 5.75 Å². The first-order valence-electron chi connectivity index (χ1n) is 6.50. The van der Waals surface area contributed by atoms with Gasteiger partial charge in [-0.25, -0.2) is 4.79 Å². The molecule has 23 heavy (non-hydrogen) atoms. The zero-order chi connectivity index (χ0) is 17.0. The van der Waals surface area contributed by atoms with Crippen LogP contribution in [0.1, 0.15) is 11.1 Å². The van der Waals surface area contributed by atoms with Gasteiger partial charge in [-0.3, -0.25) is 4.99 Å². The van der Waals surface area contributed by atoms with Crippen LogP contribution in [0, 0.1) is 6.92 Å². The number of benzene rings is 2. The van der Waals surface area contributed by atoms with E-state index in [1.54, 1.807) is 24.4 Å². The van der Waals surface area contributed by atoms with Gasteiger partial charge in [0.05, 0.1) is 15.7 Å². The lowest BCUT2D eigenvalue weighted by Gasteiger charge is -2.08. The lowest BCUT2D eigenvalue weighted by atomic mass is 10.2. The number of carboxylic acid groups (broad SMARTS) is 1. The molecule has 0 unspecified atom stereocenters. The first-order valence-corrected chi connectivity index (χ1v) is 7.64. The topological polar surface area (TPSA) is 58.9 Å². The molecule has 7 heteroatoms. The largest absolute Gasteiger partial charge is 0.479 e. The summed E-state index contributed by atoms with van der Waals surface area (Å²) in [5.74, 6) is -0.981. The minimum Gasteiger partial charge on any atom is -0.479 e. The van der Waals surface area contributed by atoms with Gasteiger partial charge in [0, 0.05) is 11.2 Å². The third-order valence-electron chi connectivity index (χ3n) is 2.88. The summed E-state index contributed by atoms with van der Waals surface area (Å²) in [5.41, 5.74) is 2.31. The molecular weight excluding hydrogens is 361 g/mol. The Labute approximate surface area is 148 Å². The van der Waals surface area contributed by atoms with Gasteiger partial charge in [0.1, 0.15) is 0 Å². The molecule has 0 amide bonds. The second-order valence-electron chi connectivity index (χ2n) is 4.69. The Bertz CT molecular complexity index is 752. The molecule has 120 valence electrons. The van der Waals surface area contributed by atoms with Crippen molar-refractivity contribution < 1.29 is 14.6 Å². The molecule has 0 aliphatic rings. The Morgan fingerprint density at radius 3 is 2.39 bits per heavy atom. The lowest BCUT2D eigenvalue weighted by molar-refractivity contribution is -0.139. The van der Waals surface area contributed by atoms with Crippen LogP contribution in [-0.2, 0) is 4.79 Å². The average molecular weight is 373 g/mol. The summed E-state index contributed by atoms with van der Waals surface area (Å²) in [6.45, 7) is 1.39. The van der Waals surface area contributed by atoms with E-state index in [2.05, 4.69) is 4.99 Å². The predicted molar refractivity (Wildman–Crippen MR) is 93.0 cm³/mol. The fraction of sp³-hybridized carbons (Fsp3) is 0.125. The molecule has 2 aromatic rings. The van der Waals surface area contributed by atoms with E-state index in [4.69, 9.17) is 44.6 Å². The second-order valence-corrected chi connectivity index (χ2v) is 5.91. The highest BCUT2D eigenvalue weighted by Gasteiger charge is 2.11. The van der Waals surface area contributed by atoms with Crippen molar-refractivity contribution in [2.75, 3.05) is 6.61 Å². The van der Waals surface area contributed by atoms with Gasteiger partial charge in [0.15, 0.2) is 12.4 Å². The van der Waals surface area contributed by atoms with Crippen LogP contribution >= 0.6 is 34.8 Å². The Kier molecular flexibility index (Phi) is 5.88. The SMILES string of the molecule is Cc1ccc(N=Cc2cc(Cl)c(OCC(=O)O)c(Cl)c2)cc1Cl. The maximum atomic E-state index is 10.5. The average Bonchev–Trinajstić information content (AvgIpc) is 2.47. The molecule has 0 aromatic heterocycles. The van der Waals surface area contributed by atoms with Gasteiger partial charge in [0.25, 0.3) is 0 Å². The fourth-order valence-corrected chi connectivity index (χ4v) is 2.52. The third-order valence-corrected chi connectivity index (χ3v) is 3.85. The molecule has 0 aliphatic heterocycles. The van der Waals surface area contributed by atoms with Crippen molar-refractivity contribution in [2.45, 2.75) is 6.92 Å². The second kappa shape index (κ2) is 7.68. The van der Waals surface area contributed by atoms with Crippen molar-refractivity contribution in [3.63, 3.8) is 0 Å². The number of hydrogen-bond donors (Lipinski definition) is 1. The van der Waals surface area contributed by atoms with Gasteiger partial charge in [-0.2, -0.15) is 0 Å². The molecule has 0 saturated carbocycles. The Hall–Kier alpha value is -1.75. The minimum atomic E-state index is -1.11. The summed E-state index contributed by atoms with van der Waals surface area (Å²) in [5, 5.41) is 9.67. The van der Waals surface area contributed by atoms with E-state index >= 15 is 0 Å². The molecule has 0 bridgehead atoms. The van der Waals surface area contributed by atoms with E-state index in [0.717, 1.165) is 5.56 Å². The van der Waals surface area contributed by atoms with Crippen LogP contribution < -0.4 is 4.74 Å². The summed E-state index contributed by atoms with van der Waals surface area (Å²) in [4.78, 5) is 14.8. The molecule has 0 fully saturated rings. The number of carboxylic acids is 1. The maximum Gasteiger partial charge on any atom is 0.341 e. The molecule has 2 aromatic carbocycles. The smallest absolute Gasteiger partial charge is 0.341 e. The highest BCUT2D eigenvalue weighted by atomic mass is 35.5. The van der Waals surface area contributed by atoms with Crippen molar-refractivity contribution >= 4 is 52.7 Å². The van der Waals surface area contributed by atoms with Crippen LogP contribution in [0.2, 0.25) is 15.1 Å². The summed E-state index contributed by atoms with van der Waals surface area (Å²) in [6.07, 6.45) is 1.58. The number of carbonyl (C=O) groups is 1. The van der Waals surface area contributed by atoms with E-state index in [-0.39, 0.29) is 15.8 Å². The number of aryl methyl sites for hydroxylation is 1. The molecule has 2 rings (SSSR count). The maximum absolute atomic E-state index is 10.5. The van der Waals surface area contributed by atoms with Crippen molar-refractivity contribution in [1.82, 2.24) is 0 Å². The van der Waals surface area contributed by atoms with Gasteiger partial charge in [0.2, 0.25) is 0 Å². The van der Waals surface area contributed by atoms with Gasteiger partial charge in [-0.1, -0.05) is 40.9 Å². The number of halogens is 3. The van der Waals surface area contributed by atoms with E-state index in [0.29, 0.717) is 16.3 Å². The monoisotopic (exact) mass is 371 g/mol. The van der Waals surface area contributed by atoms with Gasteiger partial charge in [-0.05, 0) is 42.3 Å². The zero-order valence-corrected chi connectivity index (χ0v) is 14.3. The molecule has 0 saturated heterocycles. The summed E-state index contributed by atoms with van der Waals surface area (Å²) in [7, 11) is 0. The molecule has 0 heterocycles. The van der Waals surface area contributed by atoms with E-state index in [1.807, 2.05) is 19.1 Å². The third kappa shape index (κ3) is 4.86. The van der Waals surface area contributed by atoms with Crippen LogP contribution in [0.5, 0.6) is 5.75 Å². The van der Waals surface area contributed by atoms with Gasteiger partial charge in [-0.15, -0.1) is 0 Å². The Balaban J connectivity index is 2.22. The molecule has 4 nitrogen and oxygen atoms in total. The molecule has 0 radical (unpaired) electrons. The molecule has 0 atom stereocenters. The van der Waals surface area contributed by atoms with Crippen LogP contribution in [0.25, 0.3) is 0 Å². The highest BCUT2D eigenvalue weighted by Crippen LogP contribution is 2.34. The summed E-state index contributed by atoms with van der Waals surface area (Å²) < 4.78 is 5.05.